The lowest BCUT2D eigenvalue weighted by atomic mass is 9.82. The fourth-order valence-corrected chi connectivity index (χ4v) is 4.14. The topological polar surface area (TPSA) is 101 Å². The number of hydrogen-bond donors (Lipinski definition) is 2. The minimum atomic E-state index is -4.63. The standard InChI is InChI=1S/C23H26F3N5O3/c1-4-17(23(24,25)26)10-27-14(3)22(7-8-34-12-18(22)32)29-21(33)19-13(2)30-31-11-16(15-5-6-15)9-28-20(19)31/h4,9-11,15,18,32H,1,5-8,12H2,2-3H3,(H,29,33)/b17-10+,27-14+. The number of fused-ring (bicyclic) bond motifs is 1. The van der Waals surface area contributed by atoms with Crippen molar-refractivity contribution in [2.45, 2.75) is 56.8 Å². The van der Waals surface area contributed by atoms with Crippen LogP contribution in [0.2, 0.25) is 0 Å². The summed E-state index contributed by atoms with van der Waals surface area (Å²) in [6.45, 7) is 6.39. The highest BCUT2D eigenvalue weighted by Gasteiger charge is 2.45. The zero-order valence-electron chi connectivity index (χ0n) is 18.9. The molecule has 2 unspecified atom stereocenters. The molecular formula is C23H26F3N5O3. The highest BCUT2D eigenvalue weighted by atomic mass is 19.4. The molecule has 3 heterocycles. The molecule has 2 aromatic heterocycles. The number of hydrogen-bond acceptors (Lipinski definition) is 6. The summed E-state index contributed by atoms with van der Waals surface area (Å²) < 4.78 is 46.1. The minimum Gasteiger partial charge on any atom is -0.388 e. The fourth-order valence-electron chi connectivity index (χ4n) is 4.14. The molecule has 8 nitrogen and oxygen atoms in total. The van der Waals surface area contributed by atoms with Gasteiger partial charge in [0.05, 0.1) is 17.9 Å². The smallest absolute Gasteiger partial charge is 0.388 e. The van der Waals surface area contributed by atoms with Crippen LogP contribution in [0.5, 0.6) is 0 Å². The van der Waals surface area contributed by atoms with Crippen molar-refractivity contribution in [1.82, 2.24) is 19.9 Å². The normalized spacial score (nSPS) is 24.4. The van der Waals surface area contributed by atoms with Crippen molar-refractivity contribution in [2.24, 2.45) is 4.99 Å². The summed E-state index contributed by atoms with van der Waals surface area (Å²) >= 11 is 0. The van der Waals surface area contributed by atoms with E-state index in [4.69, 9.17) is 4.74 Å². The number of nitrogens with one attached hydrogen (secondary N) is 1. The van der Waals surface area contributed by atoms with Gasteiger partial charge in [-0.3, -0.25) is 9.79 Å². The zero-order chi connectivity index (χ0) is 24.7. The molecule has 0 bridgehead atoms. The molecule has 2 atom stereocenters. The molecule has 0 radical (unpaired) electrons. The molecule has 2 N–H and O–H groups in total. The van der Waals surface area contributed by atoms with Gasteiger partial charge in [0.2, 0.25) is 0 Å². The summed E-state index contributed by atoms with van der Waals surface area (Å²) in [5.74, 6) is -0.0955. The molecule has 1 aliphatic carbocycles. The zero-order valence-corrected chi connectivity index (χ0v) is 18.9. The largest absolute Gasteiger partial charge is 0.417 e. The highest BCUT2D eigenvalue weighted by Crippen LogP contribution is 2.39. The second-order valence-electron chi connectivity index (χ2n) is 8.66. The second kappa shape index (κ2) is 8.95. The van der Waals surface area contributed by atoms with E-state index < -0.39 is 29.3 Å². The van der Waals surface area contributed by atoms with E-state index in [2.05, 4.69) is 27.0 Å². The van der Waals surface area contributed by atoms with E-state index in [1.807, 2.05) is 6.20 Å². The number of carbonyl (C=O) groups is 1. The van der Waals surface area contributed by atoms with Crippen LogP contribution >= 0.6 is 0 Å². The number of aliphatic hydroxyl groups is 1. The molecule has 182 valence electrons. The predicted octanol–water partition coefficient (Wildman–Crippen LogP) is 3.26. The number of aryl methyl sites for hydroxylation is 1. The Hall–Kier alpha value is -3.05. The molecule has 2 aromatic rings. The predicted molar refractivity (Wildman–Crippen MR) is 119 cm³/mol. The van der Waals surface area contributed by atoms with E-state index in [-0.39, 0.29) is 30.9 Å². The first-order valence-electron chi connectivity index (χ1n) is 10.9. The van der Waals surface area contributed by atoms with Crippen LogP contribution < -0.4 is 5.32 Å². The van der Waals surface area contributed by atoms with E-state index in [1.54, 1.807) is 17.6 Å². The van der Waals surface area contributed by atoms with E-state index in [9.17, 15) is 23.1 Å². The molecule has 34 heavy (non-hydrogen) atoms. The molecule has 2 aliphatic rings. The first-order valence-corrected chi connectivity index (χ1v) is 10.9. The Morgan fingerprint density at radius 1 is 1.44 bits per heavy atom. The van der Waals surface area contributed by atoms with Crippen molar-refractivity contribution in [1.29, 1.82) is 0 Å². The van der Waals surface area contributed by atoms with E-state index >= 15 is 0 Å². The lowest BCUT2D eigenvalue weighted by molar-refractivity contribution is -0.0883. The lowest BCUT2D eigenvalue weighted by Gasteiger charge is -2.41. The number of carbonyl (C=O) groups excluding carboxylic acids is 1. The number of aliphatic hydroxyl groups excluding tert-OH is 1. The number of rotatable bonds is 6. The summed E-state index contributed by atoms with van der Waals surface area (Å²) in [5.41, 5.74) is -0.283. The Kier molecular flexibility index (Phi) is 6.34. The summed E-state index contributed by atoms with van der Waals surface area (Å²) in [7, 11) is 0. The van der Waals surface area contributed by atoms with Gasteiger partial charge >= 0.3 is 6.18 Å². The van der Waals surface area contributed by atoms with Gasteiger partial charge in [-0.25, -0.2) is 9.50 Å². The number of aliphatic imine (C=N–C) groups is 1. The maximum Gasteiger partial charge on any atom is 0.417 e. The summed E-state index contributed by atoms with van der Waals surface area (Å²) in [5, 5.41) is 18.0. The van der Waals surface area contributed by atoms with Crippen molar-refractivity contribution >= 4 is 17.3 Å². The van der Waals surface area contributed by atoms with Crippen molar-refractivity contribution in [3.05, 3.63) is 53.6 Å². The van der Waals surface area contributed by atoms with Crippen LogP contribution in [0.4, 0.5) is 13.2 Å². The molecular weight excluding hydrogens is 451 g/mol. The number of nitrogens with zero attached hydrogens (tertiary/aromatic N) is 4. The number of alkyl halides is 3. The molecule has 1 amide bonds. The van der Waals surface area contributed by atoms with Crippen molar-refractivity contribution in [2.75, 3.05) is 13.2 Å². The molecule has 0 aromatic carbocycles. The van der Waals surface area contributed by atoms with Gasteiger partial charge in [0.15, 0.2) is 5.65 Å². The van der Waals surface area contributed by atoms with Crippen LogP contribution in [0.1, 0.15) is 53.7 Å². The van der Waals surface area contributed by atoms with Gasteiger partial charge < -0.3 is 15.2 Å². The van der Waals surface area contributed by atoms with E-state index in [0.29, 0.717) is 29.5 Å². The van der Waals surface area contributed by atoms with Gasteiger partial charge in [-0.05, 0) is 38.2 Å². The molecule has 4 rings (SSSR count). The summed E-state index contributed by atoms with van der Waals surface area (Å²) in [6.07, 6.45) is 1.34. The van der Waals surface area contributed by atoms with Gasteiger partial charge in [-0.15, -0.1) is 0 Å². The van der Waals surface area contributed by atoms with Crippen LogP contribution in [-0.2, 0) is 4.74 Å². The lowest BCUT2D eigenvalue weighted by Crippen LogP contribution is -2.65. The molecule has 1 saturated carbocycles. The van der Waals surface area contributed by atoms with E-state index in [0.717, 1.165) is 18.4 Å². The third-order valence-corrected chi connectivity index (χ3v) is 6.36. The Balaban J connectivity index is 1.70. The highest BCUT2D eigenvalue weighted by molar-refractivity contribution is 6.05. The number of amides is 1. The molecule has 1 saturated heterocycles. The summed E-state index contributed by atoms with van der Waals surface area (Å²) in [4.78, 5) is 21.8. The number of ether oxygens (including phenoxy) is 1. The van der Waals surface area contributed by atoms with Crippen LogP contribution in [0.15, 0.2) is 41.8 Å². The SMILES string of the molecule is C=C/C(=C\N=C(/C)C1(NC(=O)c2c(C)nn3cc(C4CC4)cnc23)CCOCC1O)C(F)(F)F. The third kappa shape index (κ3) is 4.49. The molecule has 1 aliphatic heterocycles. The maximum absolute atomic E-state index is 13.4. The monoisotopic (exact) mass is 477 g/mol. The maximum atomic E-state index is 13.4. The Morgan fingerprint density at radius 2 is 2.18 bits per heavy atom. The van der Waals surface area contributed by atoms with Gasteiger partial charge in [0.25, 0.3) is 5.91 Å². The Labute approximate surface area is 194 Å². The minimum absolute atomic E-state index is 0.110. The van der Waals surface area contributed by atoms with Crippen LogP contribution in [0.3, 0.4) is 0 Å². The van der Waals surface area contributed by atoms with Crippen LogP contribution in [0, 0.1) is 6.92 Å². The number of aromatic nitrogens is 3. The summed E-state index contributed by atoms with van der Waals surface area (Å²) in [6, 6.07) is 0. The number of allylic oxidation sites excluding steroid dienone is 2. The van der Waals surface area contributed by atoms with Gasteiger partial charge in [0.1, 0.15) is 17.2 Å². The van der Waals surface area contributed by atoms with Crippen molar-refractivity contribution < 1.29 is 27.8 Å². The van der Waals surface area contributed by atoms with Crippen molar-refractivity contribution in [3.63, 3.8) is 0 Å². The molecule has 2 fully saturated rings. The first-order chi connectivity index (χ1) is 16.1. The van der Waals surface area contributed by atoms with Crippen LogP contribution in [-0.4, -0.2) is 62.4 Å². The third-order valence-electron chi connectivity index (χ3n) is 6.36. The van der Waals surface area contributed by atoms with Gasteiger partial charge in [-0.1, -0.05) is 12.7 Å². The first kappa shape index (κ1) is 24.1. The average molecular weight is 477 g/mol. The molecule has 11 heteroatoms. The van der Waals surface area contributed by atoms with Crippen molar-refractivity contribution in [3.8, 4) is 0 Å². The number of halogens is 3. The average Bonchev–Trinajstić information content (AvgIpc) is 3.56. The second-order valence-corrected chi connectivity index (χ2v) is 8.66. The van der Waals surface area contributed by atoms with Crippen LogP contribution in [0.25, 0.3) is 5.65 Å². The van der Waals surface area contributed by atoms with E-state index in [1.165, 1.54) is 6.92 Å². The Morgan fingerprint density at radius 3 is 2.79 bits per heavy atom. The van der Waals surface area contributed by atoms with Gasteiger partial charge in [-0.2, -0.15) is 18.3 Å². The fraction of sp³-hybridized carbons (Fsp3) is 0.478. The Bertz CT molecular complexity index is 1180. The quantitative estimate of drug-likeness (QED) is 0.491. The van der Waals surface area contributed by atoms with Gasteiger partial charge in [0, 0.05) is 37.3 Å². The molecule has 0 spiro atoms.